The minimum absolute atomic E-state index is 0.00694. The van der Waals surface area contributed by atoms with Crippen molar-refractivity contribution in [1.29, 1.82) is 0 Å². The van der Waals surface area contributed by atoms with Crippen LogP contribution in [-0.4, -0.2) is 35.6 Å². The smallest absolute Gasteiger partial charge is 0.407 e. The van der Waals surface area contributed by atoms with Gasteiger partial charge in [-0.1, -0.05) is 22.9 Å². The van der Waals surface area contributed by atoms with E-state index in [2.05, 4.69) is 21.2 Å². The Kier molecular flexibility index (Phi) is 4.38. The summed E-state index contributed by atoms with van der Waals surface area (Å²) < 4.78 is 9.96. The first-order valence-corrected chi connectivity index (χ1v) is 5.67. The van der Waals surface area contributed by atoms with Gasteiger partial charge >= 0.3 is 12.1 Å². The average Bonchev–Trinajstić information content (AvgIpc) is 2.27. The largest absolute Gasteiger partial charge is 0.460 e. The van der Waals surface area contributed by atoms with Gasteiger partial charge in [0, 0.05) is 18.2 Å². The number of carbonyl (C=O) groups is 2. The van der Waals surface area contributed by atoms with E-state index < -0.39 is 6.09 Å². The van der Waals surface area contributed by atoms with E-state index in [0.717, 1.165) is 0 Å². The molecule has 0 bridgehead atoms. The van der Waals surface area contributed by atoms with E-state index in [1.165, 1.54) is 6.92 Å². The van der Waals surface area contributed by atoms with Crippen molar-refractivity contribution >= 4 is 28.0 Å². The van der Waals surface area contributed by atoms with Crippen LogP contribution in [0.4, 0.5) is 4.79 Å². The van der Waals surface area contributed by atoms with E-state index in [1.807, 2.05) is 6.92 Å². The number of esters is 1. The fourth-order valence-electron chi connectivity index (χ4n) is 1.47. The van der Waals surface area contributed by atoms with Gasteiger partial charge in [0.15, 0.2) is 0 Å². The van der Waals surface area contributed by atoms with E-state index in [1.54, 1.807) is 0 Å². The molecule has 0 radical (unpaired) electrons. The molecule has 1 N–H and O–H groups in total. The van der Waals surface area contributed by atoms with Crippen molar-refractivity contribution in [2.24, 2.45) is 0 Å². The Morgan fingerprint density at radius 3 is 2.93 bits per heavy atom. The standard InChI is InChI=1S/C9H14BrNO4/c1-5(10)8-7(15-6(2)12)3-4-14-9(13)11-8/h5,7-8H,3-4H2,1-2H3,(H,11,13). The van der Waals surface area contributed by atoms with Crippen molar-refractivity contribution in [2.45, 2.75) is 37.2 Å². The van der Waals surface area contributed by atoms with E-state index in [9.17, 15) is 9.59 Å². The van der Waals surface area contributed by atoms with E-state index in [4.69, 9.17) is 9.47 Å². The summed E-state index contributed by atoms with van der Waals surface area (Å²) >= 11 is 3.37. The number of nitrogens with one attached hydrogen (secondary N) is 1. The van der Waals surface area contributed by atoms with Gasteiger partial charge in [-0.05, 0) is 0 Å². The summed E-state index contributed by atoms with van der Waals surface area (Å²) in [4.78, 5) is 22.0. The maximum Gasteiger partial charge on any atom is 0.407 e. The van der Waals surface area contributed by atoms with Crippen LogP contribution in [0.15, 0.2) is 0 Å². The van der Waals surface area contributed by atoms with Crippen LogP contribution in [-0.2, 0) is 14.3 Å². The topological polar surface area (TPSA) is 64.6 Å². The molecule has 3 unspecified atom stereocenters. The van der Waals surface area contributed by atoms with Crippen LogP contribution in [0.2, 0.25) is 0 Å². The molecule has 0 aliphatic carbocycles. The van der Waals surface area contributed by atoms with Gasteiger partial charge in [-0.15, -0.1) is 0 Å². The highest BCUT2D eigenvalue weighted by molar-refractivity contribution is 9.09. The van der Waals surface area contributed by atoms with Crippen LogP contribution < -0.4 is 5.32 Å². The first-order valence-electron chi connectivity index (χ1n) is 4.75. The first kappa shape index (κ1) is 12.3. The highest BCUT2D eigenvalue weighted by Crippen LogP contribution is 2.17. The van der Waals surface area contributed by atoms with Gasteiger partial charge in [0.2, 0.25) is 0 Å². The van der Waals surface area contributed by atoms with Gasteiger partial charge in [-0.2, -0.15) is 0 Å². The molecule has 0 aromatic carbocycles. The zero-order valence-electron chi connectivity index (χ0n) is 8.66. The maximum absolute atomic E-state index is 11.1. The van der Waals surface area contributed by atoms with Crippen LogP contribution in [0, 0.1) is 0 Å². The van der Waals surface area contributed by atoms with Crippen LogP contribution in [0.5, 0.6) is 0 Å². The van der Waals surface area contributed by atoms with Gasteiger partial charge in [-0.3, -0.25) is 4.79 Å². The van der Waals surface area contributed by atoms with Crippen molar-refractivity contribution in [3.05, 3.63) is 0 Å². The predicted molar refractivity (Wildman–Crippen MR) is 56.8 cm³/mol. The lowest BCUT2D eigenvalue weighted by molar-refractivity contribution is -0.147. The molecule has 1 saturated heterocycles. The third-order valence-electron chi connectivity index (χ3n) is 2.13. The van der Waals surface area contributed by atoms with Gasteiger partial charge in [-0.25, -0.2) is 4.79 Å². The lowest BCUT2D eigenvalue weighted by atomic mass is 10.1. The highest BCUT2D eigenvalue weighted by Gasteiger charge is 2.32. The van der Waals surface area contributed by atoms with Crippen molar-refractivity contribution in [1.82, 2.24) is 5.32 Å². The molecule has 0 aromatic heterocycles. The molecule has 0 saturated carbocycles. The summed E-state index contributed by atoms with van der Waals surface area (Å²) in [6.07, 6.45) is -0.303. The molecule has 1 amide bonds. The molecular weight excluding hydrogens is 266 g/mol. The molecule has 86 valence electrons. The normalized spacial score (nSPS) is 28.3. The number of halogens is 1. The second-order valence-corrected chi connectivity index (χ2v) is 4.86. The summed E-state index contributed by atoms with van der Waals surface area (Å²) in [5, 5.41) is 2.65. The number of hydrogen-bond acceptors (Lipinski definition) is 4. The maximum atomic E-state index is 11.1. The first-order chi connectivity index (χ1) is 7.00. The molecule has 1 heterocycles. The third kappa shape index (κ3) is 3.70. The highest BCUT2D eigenvalue weighted by atomic mass is 79.9. The predicted octanol–water partition coefficient (Wildman–Crippen LogP) is 1.20. The van der Waals surface area contributed by atoms with Crippen LogP contribution in [0.25, 0.3) is 0 Å². The fourth-order valence-corrected chi connectivity index (χ4v) is 1.95. The number of alkyl carbamates (subject to hydrolysis) is 1. The van der Waals surface area contributed by atoms with Crippen molar-refractivity contribution in [3.63, 3.8) is 0 Å². The summed E-state index contributed by atoms with van der Waals surface area (Å²) in [5.74, 6) is -0.353. The number of alkyl halides is 1. The minimum Gasteiger partial charge on any atom is -0.460 e. The number of ether oxygens (including phenoxy) is 2. The Labute approximate surface area is 96.6 Å². The van der Waals surface area contributed by atoms with Crippen LogP contribution >= 0.6 is 15.9 Å². The molecule has 1 aliphatic rings. The number of cyclic esters (lactones) is 1. The number of hydrogen-bond donors (Lipinski definition) is 1. The second-order valence-electron chi connectivity index (χ2n) is 3.42. The molecule has 1 fully saturated rings. The molecule has 15 heavy (non-hydrogen) atoms. The number of carbonyl (C=O) groups excluding carboxylic acids is 2. The second kappa shape index (κ2) is 5.34. The molecule has 1 aliphatic heterocycles. The Bertz CT molecular complexity index is 256. The Hall–Kier alpha value is -0.780. The third-order valence-corrected chi connectivity index (χ3v) is 2.70. The number of rotatable bonds is 2. The Morgan fingerprint density at radius 1 is 1.73 bits per heavy atom. The zero-order valence-corrected chi connectivity index (χ0v) is 10.2. The van der Waals surface area contributed by atoms with Gasteiger partial charge in [0.25, 0.3) is 0 Å². The number of amides is 1. The van der Waals surface area contributed by atoms with Gasteiger partial charge in [0.1, 0.15) is 6.10 Å². The molecule has 6 heteroatoms. The van der Waals surface area contributed by atoms with Gasteiger partial charge in [0.05, 0.1) is 12.6 Å². The molecular formula is C9H14BrNO4. The molecule has 1 rings (SSSR count). The van der Waals surface area contributed by atoms with E-state index in [-0.39, 0.29) is 29.5 Å². The summed E-state index contributed by atoms with van der Waals surface area (Å²) in [6.45, 7) is 3.50. The van der Waals surface area contributed by atoms with Crippen molar-refractivity contribution in [3.8, 4) is 0 Å². The summed E-state index contributed by atoms with van der Waals surface area (Å²) in [5.41, 5.74) is 0. The van der Waals surface area contributed by atoms with Crippen molar-refractivity contribution < 1.29 is 19.1 Å². The molecule has 5 nitrogen and oxygen atoms in total. The lowest BCUT2D eigenvalue weighted by Gasteiger charge is -2.25. The zero-order chi connectivity index (χ0) is 11.4. The van der Waals surface area contributed by atoms with E-state index in [0.29, 0.717) is 6.42 Å². The van der Waals surface area contributed by atoms with E-state index >= 15 is 0 Å². The van der Waals surface area contributed by atoms with Crippen molar-refractivity contribution in [2.75, 3.05) is 6.61 Å². The quantitative estimate of drug-likeness (QED) is 0.609. The monoisotopic (exact) mass is 279 g/mol. The fraction of sp³-hybridized carbons (Fsp3) is 0.778. The lowest BCUT2D eigenvalue weighted by Crippen LogP contribution is -2.47. The van der Waals surface area contributed by atoms with Crippen LogP contribution in [0.1, 0.15) is 20.3 Å². The summed E-state index contributed by atoms with van der Waals surface area (Å²) in [6, 6.07) is -0.260. The Morgan fingerprint density at radius 2 is 2.40 bits per heavy atom. The minimum atomic E-state index is -0.471. The van der Waals surface area contributed by atoms with Crippen LogP contribution in [0.3, 0.4) is 0 Å². The average molecular weight is 280 g/mol. The summed E-state index contributed by atoms with van der Waals surface area (Å²) in [7, 11) is 0. The SMILES string of the molecule is CC(=O)OC1CCOC(=O)NC1C(C)Br. The Balaban J connectivity index is 2.70. The molecule has 0 spiro atoms. The van der Waals surface area contributed by atoms with Gasteiger partial charge < -0.3 is 14.8 Å². The molecule has 0 aromatic rings. The molecule has 3 atom stereocenters.